The van der Waals surface area contributed by atoms with Crippen LogP contribution in [0.15, 0.2) is 18.2 Å². The van der Waals surface area contributed by atoms with Crippen molar-refractivity contribution in [3.05, 3.63) is 38.4 Å². The number of hydroxylamine groups is 2. The minimum Gasteiger partial charge on any atom is -0.378 e. The number of non-ortho nitro benzene ring substituents is 1. The zero-order chi connectivity index (χ0) is 27.0. The highest BCUT2D eigenvalue weighted by Crippen LogP contribution is 2.28. The Morgan fingerprint density at radius 3 is 1.92 bits per heavy atom. The van der Waals surface area contributed by atoms with Crippen molar-refractivity contribution in [3.63, 3.8) is 0 Å². The first-order chi connectivity index (χ1) is 17.8. The second-order valence-electron chi connectivity index (χ2n) is 7.39. The number of hydrogen-bond acceptors (Lipinski definition) is 13. The van der Waals surface area contributed by atoms with E-state index in [1.54, 1.807) is 0 Å². The average molecular weight is 528 g/mol. The lowest BCUT2D eigenvalue weighted by Crippen LogP contribution is -2.32. The molecule has 2 rings (SSSR count). The van der Waals surface area contributed by atoms with Crippen LogP contribution in [0.2, 0.25) is 0 Å². The van der Waals surface area contributed by atoms with Crippen LogP contribution >= 0.6 is 0 Å². The van der Waals surface area contributed by atoms with Crippen molar-refractivity contribution in [2.24, 2.45) is 0 Å². The van der Waals surface area contributed by atoms with E-state index in [1.165, 1.54) is 12.1 Å². The third-order valence-corrected chi connectivity index (χ3v) is 4.72. The molecule has 0 unspecified atom stereocenters. The number of rotatable bonds is 19. The van der Waals surface area contributed by atoms with E-state index in [-0.39, 0.29) is 70.2 Å². The summed E-state index contributed by atoms with van der Waals surface area (Å²) in [6.45, 7) is 2.29. The molecule has 0 aromatic heterocycles. The zero-order valence-corrected chi connectivity index (χ0v) is 20.0. The molecule has 1 fully saturated rings. The SMILES string of the molecule is O=C(CCOCCOCCOCCOCCNc1ccc([N+](=O)[O-])cc1[N+](=O)[O-])ON1C(=O)CCC1=O. The molecule has 1 aliphatic heterocycles. The molecule has 1 saturated heterocycles. The lowest BCUT2D eigenvalue weighted by atomic mass is 10.2. The Kier molecular flexibility index (Phi) is 12.8. The summed E-state index contributed by atoms with van der Waals surface area (Å²) in [6.07, 6.45) is -0.0377. The minimum atomic E-state index is -0.733. The van der Waals surface area contributed by atoms with Crippen LogP contribution in [0.25, 0.3) is 0 Å². The van der Waals surface area contributed by atoms with Crippen molar-refractivity contribution in [3.8, 4) is 0 Å². The van der Waals surface area contributed by atoms with Gasteiger partial charge in [-0.15, -0.1) is 5.06 Å². The van der Waals surface area contributed by atoms with Crippen LogP contribution in [0, 0.1) is 20.2 Å². The predicted octanol–water partition coefficient (Wildman–Crippen LogP) is 0.979. The van der Waals surface area contributed by atoms with Crippen molar-refractivity contribution in [1.82, 2.24) is 5.06 Å². The summed E-state index contributed by atoms with van der Waals surface area (Å²) in [5, 5.41) is 25.1. The van der Waals surface area contributed by atoms with Gasteiger partial charge in [0.05, 0.1) is 75.2 Å². The average Bonchev–Trinajstić information content (AvgIpc) is 3.18. The molecular formula is C21H28N4O12. The fourth-order valence-corrected chi connectivity index (χ4v) is 2.91. The number of benzene rings is 1. The fourth-order valence-electron chi connectivity index (χ4n) is 2.91. The summed E-state index contributed by atoms with van der Waals surface area (Å²) in [5.41, 5.74) is -0.596. The number of carbonyl (C=O) groups excluding carboxylic acids is 3. The lowest BCUT2D eigenvalue weighted by molar-refractivity contribution is -0.393. The van der Waals surface area contributed by atoms with Crippen molar-refractivity contribution in [1.29, 1.82) is 0 Å². The molecule has 16 nitrogen and oxygen atoms in total. The Bertz CT molecular complexity index is 941. The van der Waals surface area contributed by atoms with Crippen molar-refractivity contribution in [2.45, 2.75) is 19.3 Å². The number of ether oxygens (including phenoxy) is 4. The van der Waals surface area contributed by atoms with Crippen LogP contribution in [-0.4, -0.2) is 92.1 Å². The number of nitro benzene ring substituents is 2. The normalized spacial score (nSPS) is 13.1. The molecule has 0 atom stereocenters. The van der Waals surface area contributed by atoms with E-state index in [0.29, 0.717) is 24.9 Å². The summed E-state index contributed by atoms with van der Waals surface area (Å²) in [4.78, 5) is 59.4. The van der Waals surface area contributed by atoms with Gasteiger partial charge in [-0.2, -0.15) is 0 Å². The zero-order valence-electron chi connectivity index (χ0n) is 20.0. The van der Waals surface area contributed by atoms with Gasteiger partial charge in [0.1, 0.15) is 5.69 Å². The molecule has 0 aliphatic carbocycles. The molecule has 0 spiro atoms. The Morgan fingerprint density at radius 2 is 1.38 bits per heavy atom. The van der Waals surface area contributed by atoms with Gasteiger partial charge in [0, 0.05) is 25.5 Å². The van der Waals surface area contributed by atoms with Crippen LogP contribution in [0.1, 0.15) is 19.3 Å². The van der Waals surface area contributed by atoms with Crippen LogP contribution < -0.4 is 5.32 Å². The molecular weight excluding hydrogens is 500 g/mol. The maximum Gasteiger partial charge on any atom is 0.335 e. The largest absolute Gasteiger partial charge is 0.378 e. The van der Waals surface area contributed by atoms with Gasteiger partial charge in [0.25, 0.3) is 23.2 Å². The van der Waals surface area contributed by atoms with E-state index in [2.05, 4.69) is 5.32 Å². The summed E-state index contributed by atoms with van der Waals surface area (Å²) < 4.78 is 21.2. The molecule has 1 aliphatic rings. The van der Waals surface area contributed by atoms with Crippen LogP contribution in [0.3, 0.4) is 0 Å². The van der Waals surface area contributed by atoms with Gasteiger partial charge in [-0.1, -0.05) is 0 Å². The first-order valence-corrected chi connectivity index (χ1v) is 11.3. The molecule has 2 amide bonds. The Labute approximate surface area is 211 Å². The summed E-state index contributed by atoms with van der Waals surface area (Å²) in [6, 6.07) is 3.35. The molecule has 0 bridgehead atoms. The minimum absolute atomic E-state index is 0.0365. The van der Waals surface area contributed by atoms with E-state index >= 15 is 0 Å². The number of anilines is 1. The number of imide groups is 1. The first kappa shape index (κ1) is 29.5. The molecule has 16 heteroatoms. The topological polar surface area (TPSA) is 199 Å². The number of nitrogens with one attached hydrogen (secondary N) is 1. The van der Waals surface area contributed by atoms with Gasteiger partial charge in [-0.05, 0) is 6.07 Å². The van der Waals surface area contributed by atoms with Gasteiger partial charge in [-0.3, -0.25) is 29.8 Å². The standard InChI is InChI=1S/C21H28N4O12/c26-19-3-4-20(27)23(19)37-21(28)5-7-33-9-11-35-13-14-36-12-10-34-8-6-22-17-2-1-16(24(29)30)15-18(17)25(31)32/h1-2,15,22H,3-14H2. The highest BCUT2D eigenvalue weighted by Gasteiger charge is 2.32. The van der Waals surface area contributed by atoms with Crippen molar-refractivity contribution >= 4 is 34.8 Å². The highest BCUT2D eigenvalue weighted by molar-refractivity contribution is 6.01. The molecule has 0 radical (unpaired) electrons. The molecule has 1 N–H and O–H groups in total. The molecule has 1 heterocycles. The smallest absolute Gasteiger partial charge is 0.335 e. The highest BCUT2D eigenvalue weighted by atomic mass is 16.7. The first-order valence-electron chi connectivity index (χ1n) is 11.3. The van der Waals surface area contributed by atoms with E-state index in [9.17, 15) is 34.6 Å². The number of nitro groups is 2. The third kappa shape index (κ3) is 10.8. The van der Waals surface area contributed by atoms with Gasteiger partial charge in [0.15, 0.2) is 0 Å². The number of amides is 2. The van der Waals surface area contributed by atoms with E-state index in [0.717, 1.165) is 6.07 Å². The quantitative estimate of drug-likeness (QED) is 0.115. The van der Waals surface area contributed by atoms with E-state index in [4.69, 9.17) is 23.8 Å². The lowest BCUT2D eigenvalue weighted by Gasteiger charge is -2.12. The molecule has 37 heavy (non-hydrogen) atoms. The number of hydrogen-bond donors (Lipinski definition) is 1. The van der Waals surface area contributed by atoms with Crippen LogP contribution in [0.5, 0.6) is 0 Å². The van der Waals surface area contributed by atoms with Gasteiger partial charge in [-0.25, -0.2) is 4.79 Å². The molecule has 1 aromatic carbocycles. The van der Waals surface area contributed by atoms with Crippen molar-refractivity contribution < 1.29 is 48.0 Å². The maximum absolute atomic E-state index is 11.6. The summed E-state index contributed by atoms with van der Waals surface area (Å²) in [5.74, 6) is -1.80. The van der Waals surface area contributed by atoms with Crippen molar-refractivity contribution in [2.75, 3.05) is 64.7 Å². The second kappa shape index (κ2) is 16.1. The third-order valence-electron chi connectivity index (χ3n) is 4.72. The Hall–Kier alpha value is -3.73. The van der Waals surface area contributed by atoms with Gasteiger partial charge >= 0.3 is 5.97 Å². The van der Waals surface area contributed by atoms with Crippen LogP contribution in [0.4, 0.5) is 17.1 Å². The molecule has 1 aromatic rings. The van der Waals surface area contributed by atoms with E-state index in [1.807, 2.05) is 0 Å². The second-order valence-corrected chi connectivity index (χ2v) is 7.39. The van der Waals surface area contributed by atoms with Crippen LogP contribution in [-0.2, 0) is 38.2 Å². The van der Waals surface area contributed by atoms with Gasteiger partial charge < -0.3 is 29.1 Å². The van der Waals surface area contributed by atoms with E-state index < -0.39 is 33.3 Å². The molecule has 0 saturated carbocycles. The number of carbonyl (C=O) groups is 3. The Morgan fingerprint density at radius 1 is 0.838 bits per heavy atom. The Balaban J connectivity index is 1.39. The maximum atomic E-state index is 11.6. The monoisotopic (exact) mass is 528 g/mol. The fraction of sp³-hybridized carbons (Fsp3) is 0.571. The summed E-state index contributed by atoms with van der Waals surface area (Å²) >= 11 is 0. The van der Waals surface area contributed by atoms with Gasteiger partial charge in [0.2, 0.25) is 0 Å². The predicted molar refractivity (Wildman–Crippen MR) is 123 cm³/mol. The molecule has 204 valence electrons. The number of nitrogens with zero attached hydrogens (tertiary/aromatic N) is 3. The summed E-state index contributed by atoms with van der Waals surface area (Å²) in [7, 11) is 0.